The topological polar surface area (TPSA) is 38.5 Å². The van der Waals surface area contributed by atoms with Crippen molar-refractivity contribution in [2.75, 3.05) is 13.2 Å². The molecule has 0 bridgehead atoms. The van der Waals surface area contributed by atoms with Gasteiger partial charge in [-0.05, 0) is 38.0 Å². The van der Waals surface area contributed by atoms with E-state index in [0.29, 0.717) is 24.2 Å². The molecule has 0 aromatic rings. The number of nitrogens with zero attached hydrogens (tertiary/aromatic N) is 1. The number of fused-ring (bicyclic) bond motifs is 1. The van der Waals surface area contributed by atoms with Gasteiger partial charge in [0.2, 0.25) is 0 Å². The highest BCUT2D eigenvalue weighted by molar-refractivity contribution is 4.96. The van der Waals surface area contributed by atoms with E-state index in [-0.39, 0.29) is 0 Å². The van der Waals surface area contributed by atoms with Gasteiger partial charge in [-0.15, -0.1) is 0 Å². The van der Waals surface area contributed by atoms with Crippen LogP contribution in [0.1, 0.15) is 51.9 Å². The maximum absolute atomic E-state index is 6.41. The van der Waals surface area contributed by atoms with Gasteiger partial charge in [0.15, 0.2) is 0 Å². The highest BCUT2D eigenvalue weighted by atomic mass is 16.5. The molecule has 3 nitrogen and oxygen atoms in total. The molecule has 1 heterocycles. The van der Waals surface area contributed by atoms with Crippen molar-refractivity contribution in [1.82, 2.24) is 4.90 Å². The van der Waals surface area contributed by atoms with Gasteiger partial charge in [-0.1, -0.05) is 19.8 Å². The molecule has 0 spiro atoms. The average Bonchev–Trinajstić information content (AvgIpc) is 2.41. The molecule has 2 N–H and O–H groups in total. The normalized spacial score (nSPS) is 46.7. The minimum absolute atomic E-state index is 0.391. The Kier molecular flexibility index (Phi) is 3.92. The van der Waals surface area contributed by atoms with Crippen LogP contribution in [0.15, 0.2) is 0 Å². The van der Waals surface area contributed by atoms with Gasteiger partial charge in [0.1, 0.15) is 0 Å². The molecule has 1 aliphatic heterocycles. The summed E-state index contributed by atoms with van der Waals surface area (Å²) in [5.41, 5.74) is 6.41. The third kappa shape index (κ3) is 2.45. The Bertz CT molecular complexity index is 282. The molecule has 104 valence electrons. The van der Waals surface area contributed by atoms with Crippen LogP contribution < -0.4 is 5.73 Å². The summed E-state index contributed by atoms with van der Waals surface area (Å²) in [5, 5.41) is 0. The van der Waals surface area contributed by atoms with Gasteiger partial charge in [0, 0.05) is 24.7 Å². The first-order chi connectivity index (χ1) is 8.75. The molecule has 3 rings (SSSR count). The van der Waals surface area contributed by atoms with Crippen molar-refractivity contribution < 1.29 is 4.74 Å². The summed E-state index contributed by atoms with van der Waals surface area (Å²) in [6, 6.07) is 1.67. The number of morpholine rings is 1. The van der Waals surface area contributed by atoms with Gasteiger partial charge in [-0.2, -0.15) is 0 Å². The minimum atomic E-state index is 0.391. The standard InChI is InChI=1S/C15H28N2O/c1-11-6-7-12(16)14(10-11)17-8-9-18-15-5-3-2-4-13(15)17/h11-15H,2-10,16H2,1H3. The van der Waals surface area contributed by atoms with Crippen LogP contribution in [0.4, 0.5) is 0 Å². The summed E-state index contributed by atoms with van der Waals surface area (Å²) in [6.45, 7) is 4.41. The molecule has 5 atom stereocenters. The molecule has 0 radical (unpaired) electrons. The summed E-state index contributed by atoms with van der Waals surface area (Å²) in [7, 11) is 0. The van der Waals surface area contributed by atoms with E-state index in [1.165, 1.54) is 44.9 Å². The molecule has 3 heteroatoms. The molecule has 0 amide bonds. The van der Waals surface area contributed by atoms with E-state index in [2.05, 4.69) is 11.8 Å². The Morgan fingerprint density at radius 2 is 1.89 bits per heavy atom. The molecule has 5 unspecified atom stereocenters. The number of nitrogens with two attached hydrogens (primary N) is 1. The predicted molar refractivity (Wildman–Crippen MR) is 73.5 cm³/mol. The lowest BCUT2D eigenvalue weighted by atomic mass is 9.80. The lowest BCUT2D eigenvalue weighted by molar-refractivity contribution is -0.111. The fourth-order valence-corrected chi connectivity index (χ4v) is 4.29. The zero-order chi connectivity index (χ0) is 12.5. The van der Waals surface area contributed by atoms with Crippen molar-refractivity contribution in [3.63, 3.8) is 0 Å². The SMILES string of the molecule is CC1CCC(N)C(N2CCOC3CCCCC32)C1. The Morgan fingerprint density at radius 1 is 1.06 bits per heavy atom. The number of hydrogen-bond donors (Lipinski definition) is 1. The molecule has 18 heavy (non-hydrogen) atoms. The van der Waals surface area contributed by atoms with Gasteiger partial charge in [0.25, 0.3) is 0 Å². The first-order valence-corrected chi connectivity index (χ1v) is 7.88. The van der Waals surface area contributed by atoms with E-state index in [1.807, 2.05) is 0 Å². The summed E-state index contributed by atoms with van der Waals surface area (Å²) in [4.78, 5) is 2.73. The van der Waals surface area contributed by atoms with Crippen LogP contribution in [0.5, 0.6) is 0 Å². The van der Waals surface area contributed by atoms with Gasteiger partial charge in [0.05, 0.1) is 12.7 Å². The third-order valence-corrected chi connectivity index (χ3v) is 5.33. The van der Waals surface area contributed by atoms with Crippen molar-refractivity contribution >= 4 is 0 Å². The molecular formula is C15H28N2O. The second-order valence-electron chi connectivity index (χ2n) is 6.65. The molecule has 0 aromatic heterocycles. The average molecular weight is 252 g/mol. The van der Waals surface area contributed by atoms with Crippen LogP contribution in [-0.4, -0.2) is 42.3 Å². The monoisotopic (exact) mass is 252 g/mol. The lowest BCUT2D eigenvalue weighted by Crippen LogP contribution is -2.61. The zero-order valence-corrected chi connectivity index (χ0v) is 11.7. The highest BCUT2D eigenvalue weighted by Crippen LogP contribution is 2.34. The minimum Gasteiger partial charge on any atom is -0.375 e. The molecular weight excluding hydrogens is 224 g/mol. The quantitative estimate of drug-likeness (QED) is 0.777. The van der Waals surface area contributed by atoms with Gasteiger partial charge >= 0.3 is 0 Å². The number of rotatable bonds is 1. The Morgan fingerprint density at radius 3 is 2.78 bits per heavy atom. The summed E-state index contributed by atoms with van der Waals surface area (Å²) < 4.78 is 5.98. The zero-order valence-electron chi connectivity index (χ0n) is 11.7. The van der Waals surface area contributed by atoms with E-state index >= 15 is 0 Å². The molecule has 2 aliphatic carbocycles. The van der Waals surface area contributed by atoms with Crippen LogP contribution in [0.2, 0.25) is 0 Å². The fourth-order valence-electron chi connectivity index (χ4n) is 4.29. The maximum atomic E-state index is 6.41. The second-order valence-corrected chi connectivity index (χ2v) is 6.65. The molecule has 0 aromatic carbocycles. The van der Waals surface area contributed by atoms with Crippen LogP contribution in [0, 0.1) is 5.92 Å². The van der Waals surface area contributed by atoms with Crippen molar-refractivity contribution in [3.05, 3.63) is 0 Å². The second kappa shape index (κ2) is 5.48. The first-order valence-electron chi connectivity index (χ1n) is 7.88. The van der Waals surface area contributed by atoms with Gasteiger partial charge in [-0.25, -0.2) is 0 Å². The number of ether oxygens (including phenoxy) is 1. The van der Waals surface area contributed by atoms with Gasteiger partial charge in [-0.3, -0.25) is 4.90 Å². The summed E-state index contributed by atoms with van der Waals surface area (Å²) in [6.07, 6.45) is 9.62. The van der Waals surface area contributed by atoms with Crippen LogP contribution in [-0.2, 0) is 4.74 Å². The fraction of sp³-hybridized carbons (Fsp3) is 1.00. The molecule has 3 aliphatic rings. The predicted octanol–water partition coefficient (Wildman–Crippen LogP) is 2.15. The summed E-state index contributed by atoms with van der Waals surface area (Å²) >= 11 is 0. The van der Waals surface area contributed by atoms with Crippen LogP contribution >= 0.6 is 0 Å². The van der Waals surface area contributed by atoms with Crippen molar-refractivity contribution in [2.45, 2.75) is 76.1 Å². The maximum Gasteiger partial charge on any atom is 0.0731 e. The Balaban J connectivity index is 1.72. The highest BCUT2D eigenvalue weighted by Gasteiger charge is 2.40. The van der Waals surface area contributed by atoms with Crippen LogP contribution in [0.3, 0.4) is 0 Å². The van der Waals surface area contributed by atoms with Gasteiger partial charge < -0.3 is 10.5 Å². The van der Waals surface area contributed by atoms with Crippen molar-refractivity contribution in [2.24, 2.45) is 11.7 Å². The van der Waals surface area contributed by atoms with Crippen molar-refractivity contribution in [3.8, 4) is 0 Å². The molecule has 1 saturated heterocycles. The first kappa shape index (κ1) is 12.9. The van der Waals surface area contributed by atoms with E-state index in [0.717, 1.165) is 19.1 Å². The van der Waals surface area contributed by atoms with Crippen molar-refractivity contribution in [1.29, 1.82) is 0 Å². The Hall–Kier alpha value is -0.120. The van der Waals surface area contributed by atoms with E-state index < -0.39 is 0 Å². The summed E-state index contributed by atoms with van der Waals surface area (Å²) in [5.74, 6) is 0.847. The Labute approximate surface area is 111 Å². The van der Waals surface area contributed by atoms with Crippen LogP contribution in [0.25, 0.3) is 0 Å². The van der Waals surface area contributed by atoms with E-state index in [1.54, 1.807) is 0 Å². The molecule has 3 fully saturated rings. The molecule has 2 saturated carbocycles. The van der Waals surface area contributed by atoms with E-state index in [9.17, 15) is 0 Å². The lowest BCUT2D eigenvalue weighted by Gasteiger charge is -2.50. The smallest absolute Gasteiger partial charge is 0.0731 e. The number of hydrogen-bond acceptors (Lipinski definition) is 3. The largest absolute Gasteiger partial charge is 0.375 e. The van der Waals surface area contributed by atoms with E-state index in [4.69, 9.17) is 10.5 Å². The third-order valence-electron chi connectivity index (χ3n) is 5.33.